The van der Waals surface area contributed by atoms with Gasteiger partial charge >= 0.3 is 0 Å². The van der Waals surface area contributed by atoms with Crippen molar-refractivity contribution < 1.29 is 19.4 Å². The standard InChI is InChI=1S/C23H25ClFN5O3S/c24-17-12-15(3-4-18(17)25)28-22-21-16-5-7-30(13-19(16)34-23(21)27-14-26-22)20(33)2-1-6-29(8-10-31)9-11-32/h1-4,12,14,31-32H,5-11,13H2,(H,26,27,28)/b2-1+. The summed E-state index contributed by atoms with van der Waals surface area (Å²) in [5.41, 5.74) is 1.74. The molecular weight excluding hydrogens is 481 g/mol. The highest BCUT2D eigenvalue weighted by Crippen LogP contribution is 2.38. The minimum Gasteiger partial charge on any atom is -0.395 e. The Kier molecular flexibility index (Phi) is 8.07. The van der Waals surface area contributed by atoms with Crippen LogP contribution in [0.15, 0.2) is 36.7 Å². The van der Waals surface area contributed by atoms with Crippen LogP contribution in [-0.2, 0) is 17.8 Å². The molecule has 3 heterocycles. The first kappa shape index (κ1) is 24.5. The third-order valence-corrected chi connectivity index (χ3v) is 7.00. The molecule has 0 saturated carbocycles. The Bertz CT molecular complexity index is 1200. The van der Waals surface area contributed by atoms with Crippen molar-refractivity contribution in [2.75, 3.05) is 44.7 Å². The van der Waals surface area contributed by atoms with Gasteiger partial charge in [-0.15, -0.1) is 11.3 Å². The van der Waals surface area contributed by atoms with E-state index in [0.29, 0.717) is 50.6 Å². The lowest BCUT2D eigenvalue weighted by Gasteiger charge is -2.26. The van der Waals surface area contributed by atoms with E-state index in [0.717, 1.165) is 20.7 Å². The first-order valence-corrected chi connectivity index (χ1v) is 12.1. The summed E-state index contributed by atoms with van der Waals surface area (Å²) in [6.07, 6.45) is 5.46. The molecule has 0 unspecified atom stereocenters. The van der Waals surface area contributed by atoms with Crippen LogP contribution in [0.3, 0.4) is 0 Å². The molecule has 0 spiro atoms. The molecule has 34 heavy (non-hydrogen) atoms. The van der Waals surface area contributed by atoms with Gasteiger partial charge in [-0.3, -0.25) is 9.69 Å². The molecule has 0 saturated heterocycles. The summed E-state index contributed by atoms with van der Waals surface area (Å²) in [5.74, 6) is 0.0559. The van der Waals surface area contributed by atoms with Crippen LogP contribution >= 0.6 is 22.9 Å². The largest absolute Gasteiger partial charge is 0.395 e. The first-order valence-electron chi connectivity index (χ1n) is 10.9. The summed E-state index contributed by atoms with van der Waals surface area (Å²) in [6.45, 7) is 2.40. The second-order valence-electron chi connectivity index (χ2n) is 7.82. The van der Waals surface area contributed by atoms with Crippen LogP contribution in [0.5, 0.6) is 0 Å². The molecule has 0 atom stereocenters. The van der Waals surface area contributed by atoms with Crippen molar-refractivity contribution in [2.45, 2.75) is 13.0 Å². The van der Waals surface area contributed by atoms with Crippen molar-refractivity contribution in [3.8, 4) is 0 Å². The van der Waals surface area contributed by atoms with Gasteiger partial charge in [-0.1, -0.05) is 17.7 Å². The van der Waals surface area contributed by atoms with Gasteiger partial charge in [-0.2, -0.15) is 0 Å². The van der Waals surface area contributed by atoms with Crippen LogP contribution in [0, 0.1) is 5.82 Å². The molecule has 1 aromatic carbocycles. The number of aromatic nitrogens is 2. The van der Waals surface area contributed by atoms with Crippen LogP contribution in [-0.4, -0.2) is 75.3 Å². The number of hydrogen-bond acceptors (Lipinski definition) is 8. The Balaban J connectivity index is 1.49. The first-order chi connectivity index (χ1) is 16.5. The number of anilines is 2. The predicted octanol–water partition coefficient (Wildman–Crippen LogP) is 2.95. The van der Waals surface area contributed by atoms with E-state index in [9.17, 15) is 9.18 Å². The zero-order valence-electron chi connectivity index (χ0n) is 18.4. The van der Waals surface area contributed by atoms with E-state index in [1.165, 1.54) is 29.8 Å². The fraction of sp³-hybridized carbons (Fsp3) is 0.348. The van der Waals surface area contributed by atoms with Crippen LogP contribution < -0.4 is 5.32 Å². The van der Waals surface area contributed by atoms with Crippen LogP contribution in [0.4, 0.5) is 15.9 Å². The third kappa shape index (κ3) is 5.53. The number of hydrogen-bond donors (Lipinski definition) is 3. The molecule has 0 bridgehead atoms. The molecule has 0 aliphatic carbocycles. The van der Waals surface area contributed by atoms with E-state index in [1.54, 1.807) is 23.1 Å². The van der Waals surface area contributed by atoms with Crippen molar-refractivity contribution in [1.82, 2.24) is 19.8 Å². The van der Waals surface area contributed by atoms with Gasteiger partial charge in [0.25, 0.3) is 0 Å². The minimum atomic E-state index is -0.485. The lowest BCUT2D eigenvalue weighted by atomic mass is 10.0. The Labute approximate surface area is 205 Å². The van der Waals surface area contributed by atoms with Crippen molar-refractivity contribution in [2.24, 2.45) is 0 Å². The average molecular weight is 506 g/mol. The number of nitrogens with zero attached hydrogens (tertiary/aromatic N) is 4. The van der Waals surface area contributed by atoms with E-state index in [1.807, 2.05) is 4.90 Å². The molecule has 8 nitrogen and oxygen atoms in total. The summed E-state index contributed by atoms with van der Waals surface area (Å²) in [7, 11) is 0. The highest BCUT2D eigenvalue weighted by molar-refractivity contribution is 7.19. The summed E-state index contributed by atoms with van der Waals surface area (Å²) in [5, 5.41) is 22.4. The highest BCUT2D eigenvalue weighted by atomic mass is 35.5. The Hall–Kier alpha value is -2.63. The average Bonchev–Trinajstić information content (AvgIpc) is 3.20. The molecule has 180 valence electrons. The molecule has 1 amide bonds. The lowest BCUT2D eigenvalue weighted by Crippen LogP contribution is -2.34. The zero-order chi connectivity index (χ0) is 24.1. The Morgan fingerprint density at radius 2 is 2.09 bits per heavy atom. The summed E-state index contributed by atoms with van der Waals surface area (Å²) >= 11 is 7.44. The molecule has 4 rings (SSSR count). The van der Waals surface area contributed by atoms with Crippen molar-refractivity contribution >= 4 is 50.6 Å². The molecule has 0 fully saturated rings. The van der Waals surface area contributed by atoms with Gasteiger partial charge in [0.1, 0.15) is 22.8 Å². The van der Waals surface area contributed by atoms with Crippen LogP contribution in [0.2, 0.25) is 5.02 Å². The number of aliphatic hydroxyl groups excluding tert-OH is 2. The van der Waals surface area contributed by atoms with Gasteiger partial charge in [0.2, 0.25) is 5.91 Å². The number of benzene rings is 1. The van der Waals surface area contributed by atoms with Gasteiger partial charge in [-0.05, 0) is 30.2 Å². The fourth-order valence-corrected chi connectivity index (χ4v) is 5.29. The van der Waals surface area contributed by atoms with E-state index in [-0.39, 0.29) is 24.1 Å². The van der Waals surface area contributed by atoms with Gasteiger partial charge in [0.05, 0.1) is 30.2 Å². The number of aliphatic hydroxyl groups is 2. The van der Waals surface area contributed by atoms with E-state index < -0.39 is 5.82 Å². The van der Waals surface area contributed by atoms with Crippen LogP contribution in [0.25, 0.3) is 10.2 Å². The minimum absolute atomic E-state index is 0.00341. The second-order valence-corrected chi connectivity index (χ2v) is 9.31. The Morgan fingerprint density at radius 3 is 2.82 bits per heavy atom. The monoisotopic (exact) mass is 505 g/mol. The highest BCUT2D eigenvalue weighted by Gasteiger charge is 2.25. The SMILES string of the molecule is O=C(/C=C/CN(CCO)CCO)N1CCc2c(sc3ncnc(Nc4ccc(F)c(Cl)c4)c23)C1. The van der Waals surface area contributed by atoms with E-state index >= 15 is 0 Å². The normalized spacial score (nSPS) is 13.7. The number of thiophene rings is 1. The van der Waals surface area contributed by atoms with Crippen LogP contribution in [0.1, 0.15) is 10.4 Å². The molecule has 0 radical (unpaired) electrons. The third-order valence-electron chi connectivity index (χ3n) is 5.59. The molecule has 3 N–H and O–H groups in total. The smallest absolute Gasteiger partial charge is 0.246 e. The van der Waals surface area contributed by atoms with E-state index in [4.69, 9.17) is 21.8 Å². The van der Waals surface area contributed by atoms with Crippen molar-refractivity contribution in [1.29, 1.82) is 0 Å². The number of fused-ring (bicyclic) bond motifs is 3. The maximum atomic E-state index is 13.5. The number of nitrogens with one attached hydrogen (secondary N) is 1. The zero-order valence-corrected chi connectivity index (χ0v) is 19.9. The Morgan fingerprint density at radius 1 is 1.29 bits per heavy atom. The molecule has 1 aliphatic heterocycles. The topological polar surface area (TPSA) is 102 Å². The van der Waals surface area contributed by atoms with Crippen molar-refractivity contribution in [3.63, 3.8) is 0 Å². The van der Waals surface area contributed by atoms with Gasteiger partial charge in [-0.25, -0.2) is 14.4 Å². The second kappa shape index (κ2) is 11.2. The maximum Gasteiger partial charge on any atom is 0.246 e. The number of halogens is 2. The quantitative estimate of drug-likeness (QED) is 0.384. The van der Waals surface area contributed by atoms with Gasteiger partial charge in [0.15, 0.2) is 0 Å². The summed E-state index contributed by atoms with van der Waals surface area (Å²) in [6, 6.07) is 4.41. The van der Waals surface area contributed by atoms with E-state index in [2.05, 4.69) is 15.3 Å². The maximum absolute atomic E-state index is 13.5. The molecule has 2 aromatic heterocycles. The molecule has 1 aliphatic rings. The lowest BCUT2D eigenvalue weighted by molar-refractivity contribution is -0.126. The number of carbonyl (C=O) groups excluding carboxylic acids is 1. The predicted molar refractivity (Wildman–Crippen MR) is 131 cm³/mol. The number of amides is 1. The summed E-state index contributed by atoms with van der Waals surface area (Å²) < 4.78 is 13.5. The van der Waals surface area contributed by atoms with Gasteiger partial charge in [0, 0.05) is 42.8 Å². The molecule has 11 heteroatoms. The van der Waals surface area contributed by atoms with Crippen molar-refractivity contribution in [3.05, 3.63) is 58.0 Å². The summed E-state index contributed by atoms with van der Waals surface area (Å²) in [4.78, 5) is 27.1. The molecule has 3 aromatic rings. The fourth-order valence-electron chi connectivity index (χ4n) is 3.91. The number of carbonyl (C=O) groups is 1. The number of rotatable bonds is 9. The molecular formula is C23H25ClFN5O3S. The van der Waals surface area contributed by atoms with Gasteiger partial charge < -0.3 is 20.4 Å².